The van der Waals surface area contributed by atoms with Gasteiger partial charge in [0, 0.05) is 50.3 Å². The number of aliphatic imine (C=N–C) groups is 1. The third kappa shape index (κ3) is 2.33. The normalized spacial score (nSPS) is 37.9. The summed E-state index contributed by atoms with van der Waals surface area (Å²) in [5, 5.41) is 7.38. The summed E-state index contributed by atoms with van der Waals surface area (Å²) in [7, 11) is 1.89. The second-order valence-electron chi connectivity index (χ2n) is 7.41. The van der Waals surface area contributed by atoms with Crippen molar-refractivity contribution in [1.82, 2.24) is 10.6 Å². The van der Waals surface area contributed by atoms with Crippen LogP contribution in [0.4, 0.5) is 0 Å². The highest BCUT2D eigenvalue weighted by Gasteiger charge is 2.65. The van der Waals surface area contributed by atoms with E-state index in [2.05, 4.69) is 15.6 Å². The molecule has 124 valence electrons. The number of nitrogens with zero attached hydrogens (tertiary/aromatic N) is 1. The van der Waals surface area contributed by atoms with E-state index in [1.54, 1.807) is 0 Å². The second-order valence-corrected chi connectivity index (χ2v) is 7.41. The molecule has 2 N–H and O–H groups in total. The SMILES string of the molecule is CN=C(NC1CCOCC1)NC1C2CCOC2C12CCCC2. The van der Waals surface area contributed by atoms with Gasteiger partial charge in [-0.3, -0.25) is 4.99 Å². The molecule has 2 saturated carbocycles. The Balaban J connectivity index is 1.42. The van der Waals surface area contributed by atoms with Gasteiger partial charge in [0.1, 0.15) is 0 Å². The lowest BCUT2D eigenvalue weighted by molar-refractivity contribution is -0.125. The van der Waals surface area contributed by atoms with E-state index in [0.717, 1.165) is 38.6 Å². The van der Waals surface area contributed by atoms with Gasteiger partial charge >= 0.3 is 0 Å². The summed E-state index contributed by atoms with van der Waals surface area (Å²) in [4.78, 5) is 4.49. The van der Waals surface area contributed by atoms with Crippen LogP contribution in [0.15, 0.2) is 4.99 Å². The van der Waals surface area contributed by atoms with Crippen molar-refractivity contribution in [2.45, 2.75) is 63.1 Å². The van der Waals surface area contributed by atoms with E-state index in [-0.39, 0.29) is 0 Å². The van der Waals surface area contributed by atoms with Crippen molar-refractivity contribution in [3.63, 3.8) is 0 Å². The van der Waals surface area contributed by atoms with Crippen molar-refractivity contribution >= 4 is 5.96 Å². The number of guanidine groups is 1. The average molecular weight is 307 g/mol. The van der Waals surface area contributed by atoms with E-state index >= 15 is 0 Å². The number of rotatable bonds is 2. The Morgan fingerprint density at radius 3 is 2.55 bits per heavy atom. The molecule has 0 radical (unpaired) electrons. The minimum absolute atomic E-state index is 0.383. The van der Waals surface area contributed by atoms with Gasteiger partial charge in [-0.15, -0.1) is 0 Å². The Labute approximate surface area is 133 Å². The maximum Gasteiger partial charge on any atom is 0.191 e. The number of nitrogens with one attached hydrogen (secondary N) is 2. The molecule has 0 aromatic heterocycles. The van der Waals surface area contributed by atoms with E-state index in [9.17, 15) is 0 Å². The van der Waals surface area contributed by atoms with E-state index in [0.29, 0.717) is 29.5 Å². The molecule has 2 aliphatic carbocycles. The first-order valence-electron chi connectivity index (χ1n) is 9.03. The van der Waals surface area contributed by atoms with E-state index in [1.807, 2.05) is 7.05 Å². The molecule has 0 bridgehead atoms. The fraction of sp³-hybridized carbons (Fsp3) is 0.941. The zero-order chi connectivity index (χ0) is 15.0. The number of ether oxygens (including phenoxy) is 2. The summed E-state index contributed by atoms with van der Waals surface area (Å²) < 4.78 is 11.5. The molecule has 5 nitrogen and oxygen atoms in total. The van der Waals surface area contributed by atoms with Gasteiger partial charge in [-0.1, -0.05) is 12.8 Å². The smallest absolute Gasteiger partial charge is 0.191 e. The van der Waals surface area contributed by atoms with E-state index < -0.39 is 0 Å². The monoisotopic (exact) mass is 307 g/mol. The number of fused-ring (bicyclic) bond motifs is 2. The molecule has 2 heterocycles. The second kappa shape index (κ2) is 6.00. The van der Waals surface area contributed by atoms with E-state index in [1.165, 1.54) is 32.1 Å². The van der Waals surface area contributed by atoms with Crippen LogP contribution in [0.5, 0.6) is 0 Å². The fourth-order valence-corrected chi connectivity index (χ4v) is 5.26. The van der Waals surface area contributed by atoms with Crippen LogP contribution in [0.3, 0.4) is 0 Å². The standard InChI is InChI=1S/C17H29N3O2/c1-18-16(19-12-4-9-21-10-5-12)20-14-13-6-11-22-15(13)17(14)7-2-3-8-17/h12-15H,2-11H2,1H3,(H2,18,19,20). The van der Waals surface area contributed by atoms with Gasteiger partial charge in [-0.25, -0.2) is 0 Å². The first-order chi connectivity index (χ1) is 10.8. The highest BCUT2D eigenvalue weighted by atomic mass is 16.5. The minimum Gasteiger partial charge on any atom is -0.381 e. The zero-order valence-corrected chi connectivity index (χ0v) is 13.6. The number of hydrogen-bond acceptors (Lipinski definition) is 3. The Morgan fingerprint density at radius 1 is 1.05 bits per heavy atom. The molecule has 0 aromatic carbocycles. The average Bonchev–Trinajstić information content (AvgIpc) is 3.20. The van der Waals surface area contributed by atoms with Gasteiger partial charge in [-0.05, 0) is 32.1 Å². The van der Waals surface area contributed by atoms with Crippen molar-refractivity contribution in [2.75, 3.05) is 26.9 Å². The van der Waals surface area contributed by atoms with Crippen molar-refractivity contribution in [2.24, 2.45) is 16.3 Å². The van der Waals surface area contributed by atoms with Crippen LogP contribution in [0.2, 0.25) is 0 Å². The van der Waals surface area contributed by atoms with Crippen LogP contribution < -0.4 is 10.6 Å². The van der Waals surface area contributed by atoms with Crippen LogP contribution in [0, 0.1) is 11.3 Å². The van der Waals surface area contributed by atoms with Crippen molar-refractivity contribution in [3.05, 3.63) is 0 Å². The Morgan fingerprint density at radius 2 is 1.82 bits per heavy atom. The maximum atomic E-state index is 6.07. The third-order valence-corrected chi connectivity index (χ3v) is 6.36. The molecule has 5 heteroatoms. The lowest BCUT2D eigenvalue weighted by atomic mass is 9.54. The predicted octanol–water partition coefficient (Wildman–Crippen LogP) is 1.68. The molecule has 0 amide bonds. The lowest BCUT2D eigenvalue weighted by Crippen LogP contribution is -2.69. The molecule has 1 spiro atoms. The van der Waals surface area contributed by atoms with Crippen LogP contribution >= 0.6 is 0 Å². The lowest BCUT2D eigenvalue weighted by Gasteiger charge is -2.57. The summed E-state index contributed by atoms with van der Waals surface area (Å²) in [6.45, 7) is 2.67. The highest BCUT2D eigenvalue weighted by molar-refractivity contribution is 5.80. The van der Waals surface area contributed by atoms with Crippen molar-refractivity contribution < 1.29 is 9.47 Å². The molecule has 3 unspecified atom stereocenters. The van der Waals surface area contributed by atoms with Crippen LogP contribution in [0.1, 0.15) is 44.9 Å². The van der Waals surface area contributed by atoms with Crippen LogP contribution in [-0.4, -0.2) is 51.0 Å². The van der Waals surface area contributed by atoms with Crippen LogP contribution in [-0.2, 0) is 9.47 Å². The van der Waals surface area contributed by atoms with Gasteiger partial charge in [-0.2, -0.15) is 0 Å². The summed E-state index contributed by atoms with van der Waals surface area (Å²) >= 11 is 0. The molecule has 4 rings (SSSR count). The maximum absolute atomic E-state index is 6.07. The van der Waals surface area contributed by atoms with E-state index in [4.69, 9.17) is 9.47 Å². The van der Waals surface area contributed by atoms with Gasteiger partial charge in [0.25, 0.3) is 0 Å². The summed E-state index contributed by atoms with van der Waals surface area (Å²) in [5.74, 6) is 1.67. The molecular formula is C17H29N3O2. The Bertz CT molecular complexity index is 428. The Kier molecular flexibility index (Phi) is 4.03. The molecule has 4 aliphatic rings. The van der Waals surface area contributed by atoms with Crippen molar-refractivity contribution in [1.29, 1.82) is 0 Å². The highest BCUT2D eigenvalue weighted by Crippen LogP contribution is 2.60. The van der Waals surface area contributed by atoms with Crippen LogP contribution in [0.25, 0.3) is 0 Å². The fourth-order valence-electron chi connectivity index (χ4n) is 5.26. The molecule has 3 atom stereocenters. The zero-order valence-electron chi connectivity index (χ0n) is 13.6. The summed E-state index contributed by atoms with van der Waals surface area (Å²) in [6.07, 6.45) is 9.22. The number of hydrogen-bond donors (Lipinski definition) is 2. The third-order valence-electron chi connectivity index (χ3n) is 6.36. The van der Waals surface area contributed by atoms with Crippen molar-refractivity contribution in [3.8, 4) is 0 Å². The summed E-state index contributed by atoms with van der Waals surface area (Å²) in [5.41, 5.74) is 0.383. The van der Waals surface area contributed by atoms with Gasteiger partial charge in [0.05, 0.1) is 6.10 Å². The largest absolute Gasteiger partial charge is 0.381 e. The predicted molar refractivity (Wildman–Crippen MR) is 86.0 cm³/mol. The first kappa shape index (κ1) is 14.8. The van der Waals surface area contributed by atoms with Gasteiger partial charge < -0.3 is 20.1 Å². The Hall–Kier alpha value is -0.810. The minimum atomic E-state index is 0.383. The summed E-state index contributed by atoms with van der Waals surface area (Å²) in [6, 6.07) is 1.05. The van der Waals surface area contributed by atoms with Gasteiger partial charge in [0.15, 0.2) is 5.96 Å². The molecule has 2 saturated heterocycles. The first-order valence-corrected chi connectivity index (χ1v) is 9.03. The van der Waals surface area contributed by atoms with Gasteiger partial charge in [0.2, 0.25) is 0 Å². The topological polar surface area (TPSA) is 54.9 Å². The molecule has 22 heavy (non-hydrogen) atoms. The molecular weight excluding hydrogens is 278 g/mol. The quantitative estimate of drug-likeness (QED) is 0.602. The molecule has 4 fully saturated rings. The molecule has 0 aromatic rings. The molecule has 2 aliphatic heterocycles.